The number of alkyl carbamates (subject to hydrolysis) is 1. The zero-order valence-electron chi connectivity index (χ0n) is 13.5. The Kier molecular flexibility index (Phi) is 6.24. The van der Waals surface area contributed by atoms with Gasteiger partial charge in [-0.2, -0.15) is 0 Å². The number of allylic oxidation sites excluding steroid dienone is 1. The predicted octanol–water partition coefficient (Wildman–Crippen LogP) is 3.05. The maximum atomic E-state index is 12.1. The highest BCUT2D eigenvalue weighted by molar-refractivity contribution is 5.82. The smallest absolute Gasteiger partial charge is 0.408 e. The topological polar surface area (TPSA) is 64.6 Å². The average molecular weight is 297 g/mol. The van der Waals surface area contributed by atoms with E-state index in [0.717, 1.165) is 25.7 Å². The van der Waals surface area contributed by atoms with Crippen LogP contribution in [0.1, 0.15) is 46.5 Å². The molecule has 0 heterocycles. The fourth-order valence-electron chi connectivity index (χ4n) is 2.68. The predicted molar refractivity (Wildman–Crippen MR) is 80.8 cm³/mol. The number of amides is 1. The Morgan fingerprint density at radius 2 is 2.05 bits per heavy atom. The zero-order valence-corrected chi connectivity index (χ0v) is 13.5. The standard InChI is InChI=1S/C16H27NO4/c1-6-8-11-9-7-10-12(11)21-15(19)17-13(14(18)20-5)16(2,3)4/h6,11-13H,1,7-10H2,2-5H3,(H,17,19)/t11-,12-,13-/m1/s1. The van der Waals surface area contributed by atoms with Gasteiger partial charge in [0.15, 0.2) is 0 Å². The number of ether oxygens (including phenoxy) is 2. The summed E-state index contributed by atoms with van der Waals surface area (Å²) < 4.78 is 10.2. The van der Waals surface area contributed by atoms with E-state index in [0.29, 0.717) is 5.92 Å². The Morgan fingerprint density at radius 3 is 2.57 bits per heavy atom. The van der Waals surface area contributed by atoms with Gasteiger partial charge >= 0.3 is 12.1 Å². The fraction of sp³-hybridized carbons (Fsp3) is 0.750. The van der Waals surface area contributed by atoms with E-state index >= 15 is 0 Å². The third kappa shape index (κ3) is 5.06. The molecule has 0 aliphatic heterocycles. The SMILES string of the molecule is C=CC[C@@H]1CCC[C@H]1OC(=O)N[C@H](C(=O)OC)C(C)(C)C. The molecule has 5 nitrogen and oxygen atoms in total. The van der Waals surface area contributed by atoms with Gasteiger partial charge < -0.3 is 14.8 Å². The second kappa shape index (κ2) is 7.48. The molecule has 1 amide bonds. The van der Waals surface area contributed by atoms with E-state index in [1.165, 1.54) is 7.11 Å². The lowest BCUT2D eigenvalue weighted by Crippen LogP contribution is -2.50. The van der Waals surface area contributed by atoms with Crippen LogP contribution in [0.25, 0.3) is 0 Å². The maximum absolute atomic E-state index is 12.1. The molecule has 120 valence electrons. The highest BCUT2D eigenvalue weighted by Gasteiger charge is 2.36. The summed E-state index contributed by atoms with van der Waals surface area (Å²) in [5.74, 6) is -0.132. The van der Waals surface area contributed by atoms with Gasteiger partial charge in [0.05, 0.1) is 7.11 Å². The number of esters is 1. The first kappa shape index (κ1) is 17.5. The molecule has 0 aromatic heterocycles. The summed E-state index contributed by atoms with van der Waals surface area (Å²) in [6.45, 7) is 9.33. The summed E-state index contributed by atoms with van der Waals surface area (Å²) in [6.07, 6.45) is 5.01. The first-order valence-corrected chi connectivity index (χ1v) is 7.45. The van der Waals surface area contributed by atoms with Crippen LogP contribution in [0.15, 0.2) is 12.7 Å². The van der Waals surface area contributed by atoms with Crippen LogP contribution in [-0.4, -0.2) is 31.3 Å². The molecule has 0 unspecified atom stereocenters. The van der Waals surface area contributed by atoms with Crippen LogP contribution in [0, 0.1) is 11.3 Å². The van der Waals surface area contributed by atoms with Crippen molar-refractivity contribution < 1.29 is 19.1 Å². The summed E-state index contributed by atoms with van der Waals surface area (Å²) in [4.78, 5) is 23.9. The molecule has 5 heteroatoms. The Morgan fingerprint density at radius 1 is 1.38 bits per heavy atom. The minimum Gasteiger partial charge on any atom is -0.467 e. The van der Waals surface area contributed by atoms with Crippen molar-refractivity contribution in [2.75, 3.05) is 7.11 Å². The summed E-state index contributed by atoms with van der Waals surface area (Å²) in [5.41, 5.74) is -0.442. The molecule has 1 saturated carbocycles. The van der Waals surface area contributed by atoms with Gasteiger partial charge in [-0.25, -0.2) is 9.59 Å². The second-order valence-corrected chi connectivity index (χ2v) is 6.63. The van der Waals surface area contributed by atoms with Gasteiger partial charge in [-0.15, -0.1) is 6.58 Å². The third-order valence-corrected chi connectivity index (χ3v) is 3.88. The maximum Gasteiger partial charge on any atom is 0.408 e. The van der Waals surface area contributed by atoms with Crippen LogP contribution in [-0.2, 0) is 14.3 Å². The van der Waals surface area contributed by atoms with Gasteiger partial charge in [-0.1, -0.05) is 26.8 Å². The van der Waals surface area contributed by atoms with Crippen molar-refractivity contribution >= 4 is 12.1 Å². The molecular formula is C16H27NO4. The highest BCUT2D eigenvalue weighted by atomic mass is 16.6. The van der Waals surface area contributed by atoms with Crippen molar-refractivity contribution in [1.29, 1.82) is 0 Å². The molecule has 0 spiro atoms. The van der Waals surface area contributed by atoms with Crippen LogP contribution in [0.2, 0.25) is 0 Å². The van der Waals surface area contributed by atoms with Gasteiger partial charge in [0.1, 0.15) is 12.1 Å². The Bertz CT molecular complexity index is 386. The Balaban J connectivity index is 2.62. The lowest BCUT2D eigenvalue weighted by Gasteiger charge is -2.29. The Labute approximate surface area is 127 Å². The molecular weight excluding hydrogens is 270 g/mol. The van der Waals surface area contributed by atoms with Crippen LogP contribution in [0.4, 0.5) is 4.79 Å². The molecule has 1 rings (SSSR count). The summed E-state index contributed by atoms with van der Waals surface area (Å²) >= 11 is 0. The van der Waals surface area contributed by atoms with E-state index in [1.807, 2.05) is 26.8 Å². The number of carbonyl (C=O) groups excluding carboxylic acids is 2. The first-order valence-electron chi connectivity index (χ1n) is 7.45. The number of hydrogen-bond acceptors (Lipinski definition) is 4. The summed E-state index contributed by atoms with van der Waals surface area (Å²) in [6, 6.07) is -0.728. The number of methoxy groups -OCH3 is 1. The highest BCUT2D eigenvalue weighted by Crippen LogP contribution is 2.31. The Hall–Kier alpha value is -1.52. The van der Waals surface area contributed by atoms with Crippen molar-refractivity contribution in [3.8, 4) is 0 Å². The van der Waals surface area contributed by atoms with E-state index in [1.54, 1.807) is 0 Å². The third-order valence-electron chi connectivity index (χ3n) is 3.88. The van der Waals surface area contributed by atoms with Gasteiger partial charge in [0.2, 0.25) is 0 Å². The number of hydrogen-bond donors (Lipinski definition) is 1. The monoisotopic (exact) mass is 297 g/mol. The molecule has 1 aliphatic rings. The lowest BCUT2D eigenvalue weighted by molar-refractivity contribution is -0.145. The summed E-state index contributed by atoms with van der Waals surface area (Å²) in [7, 11) is 1.31. The van der Waals surface area contributed by atoms with Gasteiger partial charge in [-0.3, -0.25) is 0 Å². The molecule has 0 aromatic rings. The van der Waals surface area contributed by atoms with E-state index < -0.39 is 23.5 Å². The molecule has 21 heavy (non-hydrogen) atoms. The van der Waals surface area contributed by atoms with E-state index in [9.17, 15) is 9.59 Å². The largest absolute Gasteiger partial charge is 0.467 e. The van der Waals surface area contributed by atoms with Gasteiger partial charge in [-0.05, 0) is 37.0 Å². The van der Waals surface area contributed by atoms with Crippen molar-refractivity contribution in [1.82, 2.24) is 5.32 Å². The molecule has 0 saturated heterocycles. The molecule has 0 aromatic carbocycles. The van der Waals surface area contributed by atoms with Crippen molar-refractivity contribution in [2.24, 2.45) is 11.3 Å². The fourth-order valence-corrected chi connectivity index (χ4v) is 2.68. The van der Waals surface area contributed by atoms with Crippen LogP contribution in [0.5, 0.6) is 0 Å². The molecule has 0 radical (unpaired) electrons. The summed E-state index contributed by atoms with van der Waals surface area (Å²) in [5, 5.41) is 2.64. The number of rotatable bonds is 5. The van der Waals surface area contributed by atoms with Gasteiger partial charge in [0.25, 0.3) is 0 Å². The van der Waals surface area contributed by atoms with Crippen LogP contribution < -0.4 is 5.32 Å². The minimum atomic E-state index is -0.728. The normalized spacial score (nSPS) is 23.2. The van der Waals surface area contributed by atoms with Crippen LogP contribution >= 0.6 is 0 Å². The van der Waals surface area contributed by atoms with Crippen molar-refractivity contribution in [3.63, 3.8) is 0 Å². The second-order valence-electron chi connectivity index (χ2n) is 6.63. The lowest BCUT2D eigenvalue weighted by atomic mass is 9.87. The van der Waals surface area contributed by atoms with Crippen molar-refractivity contribution in [2.45, 2.75) is 58.6 Å². The molecule has 1 aliphatic carbocycles. The molecule has 1 fully saturated rings. The minimum absolute atomic E-state index is 0.0961. The quantitative estimate of drug-likeness (QED) is 0.625. The molecule has 0 bridgehead atoms. The molecule has 3 atom stereocenters. The van der Waals surface area contributed by atoms with E-state index in [4.69, 9.17) is 9.47 Å². The van der Waals surface area contributed by atoms with Gasteiger partial charge in [0, 0.05) is 0 Å². The van der Waals surface area contributed by atoms with E-state index in [-0.39, 0.29) is 6.10 Å². The van der Waals surface area contributed by atoms with Crippen LogP contribution in [0.3, 0.4) is 0 Å². The average Bonchev–Trinajstić information content (AvgIpc) is 2.81. The van der Waals surface area contributed by atoms with Crippen molar-refractivity contribution in [3.05, 3.63) is 12.7 Å². The van der Waals surface area contributed by atoms with E-state index in [2.05, 4.69) is 11.9 Å². The first-order chi connectivity index (χ1) is 9.79. The number of carbonyl (C=O) groups is 2. The molecule has 1 N–H and O–H groups in total. The number of nitrogens with one attached hydrogen (secondary N) is 1. The zero-order chi connectivity index (χ0) is 16.0.